The van der Waals surface area contributed by atoms with E-state index in [2.05, 4.69) is 39.8 Å². The maximum atomic E-state index is 13.4. The number of halogens is 2. The smallest absolute Gasteiger partial charge is 0.137 e. The molecule has 0 spiro atoms. The Kier molecular flexibility index (Phi) is 4.76. The van der Waals surface area contributed by atoms with Crippen LogP contribution in [0.4, 0.5) is 4.39 Å². The lowest BCUT2D eigenvalue weighted by molar-refractivity contribution is 0.139. The van der Waals surface area contributed by atoms with Gasteiger partial charge in [0.15, 0.2) is 0 Å². The minimum Gasteiger partial charge on any atom is -0.306 e. The number of piperidine rings is 1. The van der Waals surface area contributed by atoms with E-state index in [1.807, 2.05) is 6.07 Å². The van der Waals surface area contributed by atoms with Crippen LogP contribution in [0.5, 0.6) is 0 Å². The summed E-state index contributed by atoms with van der Waals surface area (Å²) in [5.74, 6) is -0.171. The van der Waals surface area contributed by atoms with Crippen molar-refractivity contribution in [2.24, 2.45) is 0 Å². The van der Waals surface area contributed by atoms with E-state index in [0.29, 0.717) is 10.5 Å². The quantitative estimate of drug-likeness (QED) is 0.846. The second-order valence-electron chi connectivity index (χ2n) is 5.18. The summed E-state index contributed by atoms with van der Waals surface area (Å²) < 4.78 is 14.0. The molecule has 0 aliphatic carbocycles. The van der Waals surface area contributed by atoms with E-state index in [0.717, 1.165) is 25.2 Å². The van der Waals surface area contributed by atoms with Crippen molar-refractivity contribution in [3.63, 3.8) is 0 Å². The standard InChI is InChI=1S/C14H20BrFN2/c1-17(2)12-6-8-18(9-7-12)10-11-4-3-5-13(16)14(11)15/h3-5,12H,6-10H2,1-2H3. The van der Waals surface area contributed by atoms with Crippen LogP contribution in [-0.2, 0) is 6.54 Å². The van der Waals surface area contributed by atoms with Crippen LogP contribution in [0.2, 0.25) is 0 Å². The highest BCUT2D eigenvalue weighted by Gasteiger charge is 2.21. The molecule has 1 aliphatic heterocycles. The molecule has 18 heavy (non-hydrogen) atoms. The third-order valence-corrected chi connectivity index (χ3v) is 4.60. The van der Waals surface area contributed by atoms with E-state index in [1.54, 1.807) is 6.07 Å². The Morgan fingerprint density at radius 1 is 1.33 bits per heavy atom. The lowest BCUT2D eigenvalue weighted by Gasteiger charge is -2.35. The molecule has 0 unspecified atom stereocenters. The number of nitrogens with zero attached hydrogens (tertiary/aromatic N) is 2. The van der Waals surface area contributed by atoms with E-state index in [9.17, 15) is 4.39 Å². The van der Waals surface area contributed by atoms with Gasteiger partial charge in [-0.2, -0.15) is 0 Å². The molecule has 0 bridgehead atoms. The average molecular weight is 315 g/mol. The molecule has 0 saturated carbocycles. The molecule has 0 N–H and O–H groups in total. The molecule has 2 rings (SSSR count). The molecule has 1 aromatic carbocycles. The van der Waals surface area contributed by atoms with Gasteiger partial charge in [0, 0.05) is 12.6 Å². The largest absolute Gasteiger partial charge is 0.306 e. The summed E-state index contributed by atoms with van der Waals surface area (Å²) in [5.41, 5.74) is 1.04. The molecular formula is C14H20BrFN2. The second-order valence-corrected chi connectivity index (χ2v) is 5.98. The molecule has 0 radical (unpaired) electrons. The van der Waals surface area contributed by atoms with Crippen molar-refractivity contribution >= 4 is 15.9 Å². The van der Waals surface area contributed by atoms with E-state index < -0.39 is 0 Å². The maximum Gasteiger partial charge on any atom is 0.137 e. The van der Waals surface area contributed by atoms with E-state index in [4.69, 9.17) is 0 Å². The van der Waals surface area contributed by atoms with Crippen LogP contribution < -0.4 is 0 Å². The van der Waals surface area contributed by atoms with Crippen LogP contribution in [0.3, 0.4) is 0 Å². The number of rotatable bonds is 3. The SMILES string of the molecule is CN(C)C1CCN(Cc2cccc(F)c2Br)CC1. The highest BCUT2D eigenvalue weighted by molar-refractivity contribution is 9.10. The first-order valence-electron chi connectivity index (χ1n) is 6.39. The summed E-state index contributed by atoms with van der Waals surface area (Å²) in [6.45, 7) is 3.01. The predicted molar refractivity (Wildman–Crippen MR) is 76.1 cm³/mol. The van der Waals surface area contributed by atoms with Gasteiger partial charge >= 0.3 is 0 Å². The van der Waals surface area contributed by atoms with Gasteiger partial charge in [-0.05, 0) is 67.6 Å². The molecule has 1 aromatic rings. The molecule has 100 valence electrons. The van der Waals surface area contributed by atoms with Gasteiger partial charge < -0.3 is 4.90 Å². The predicted octanol–water partition coefficient (Wildman–Crippen LogP) is 3.11. The van der Waals surface area contributed by atoms with Gasteiger partial charge in [0.05, 0.1) is 4.47 Å². The third kappa shape index (κ3) is 3.31. The van der Waals surface area contributed by atoms with Gasteiger partial charge in [-0.15, -0.1) is 0 Å². The minimum absolute atomic E-state index is 0.171. The Bertz CT molecular complexity index is 401. The van der Waals surface area contributed by atoms with Crippen molar-refractivity contribution in [2.75, 3.05) is 27.2 Å². The maximum absolute atomic E-state index is 13.4. The van der Waals surface area contributed by atoms with Crippen LogP contribution in [0.25, 0.3) is 0 Å². The van der Waals surface area contributed by atoms with Gasteiger partial charge in [-0.25, -0.2) is 4.39 Å². The summed E-state index contributed by atoms with van der Waals surface area (Å²) in [6, 6.07) is 5.95. The zero-order chi connectivity index (χ0) is 13.1. The molecule has 1 saturated heterocycles. The fraction of sp³-hybridized carbons (Fsp3) is 0.571. The summed E-state index contributed by atoms with van der Waals surface area (Å²) in [5, 5.41) is 0. The van der Waals surface area contributed by atoms with Crippen molar-refractivity contribution in [2.45, 2.75) is 25.4 Å². The Labute approximate surface area is 117 Å². The first-order valence-corrected chi connectivity index (χ1v) is 7.19. The van der Waals surface area contributed by atoms with Gasteiger partial charge in [0.25, 0.3) is 0 Å². The Morgan fingerprint density at radius 2 is 2.00 bits per heavy atom. The van der Waals surface area contributed by atoms with Crippen LogP contribution in [0.15, 0.2) is 22.7 Å². The van der Waals surface area contributed by atoms with Crippen LogP contribution in [0.1, 0.15) is 18.4 Å². The van der Waals surface area contributed by atoms with Crippen LogP contribution in [-0.4, -0.2) is 43.0 Å². The van der Waals surface area contributed by atoms with Crippen molar-refractivity contribution in [1.29, 1.82) is 0 Å². The van der Waals surface area contributed by atoms with Crippen molar-refractivity contribution in [1.82, 2.24) is 9.80 Å². The zero-order valence-corrected chi connectivity index (χ0v) is 12.6. The average Bonchev–Trinajstić information content (AvgIpc) is 2.36. The molecule has 1 aliphatic rings. The molecular weight excluding hydrogens is 295 g/mol. The topological polar surface area (TPSA) is 6.48 Å². The monoisotopic (exact) mass is 314 g/mol. The normalized spacial score (nSPS) is 18.5. The molecule has 0 aromatic heterocycles. The molecule has 1 heterocycles. The zero-order valence-electron chi connectivity index (χ0n) is 11.0. The van der Waals surface area contributed by atoms with Crippen molar-refractivity contribution in [3.8, 4) is 0 Å². The summed E-state index contributed by atoms with van der Waals surface area (Å²) in [7, 11) is 4.28. The number of benzene rings is 1. The van der Waals surface area contributed by atoms with Crippen LogP contribution in [0, 0.1) is 5.82 Å². The Morgan fingerprint density at radius 3 is 2.61 bits per heavy atom. The third-order valence-electron chi connectivity index (χ3n) is 3.71. The van der Waals surface area contributed by atoms with Gasteiger partial charge in [-0.1, -0.05) is 12.1 Å². The summed E-state index contributed by atoms with van der Waals surface area (Å²) in [6.07, 6.45) is 2.39. The lowest BCUT2D eigenvalue weighted by Crippen LogP contribution is -2.41. The molecule has 1 fully saturated rings. The Hall–Kier alpha value is -0.450. The van der Waals surface area contributed by atoms with E-state index >= 15 is 0 Å². The number of likely N-dealkylation sites (tertiary alicyclic amines) is 1. The highest BCUT2D eigenvalue weighted by Crippen LogP contribution is 2.23. The first kappa shape index (κ1) is 14.0. The molecule has 4 heteroatoms. The first-order chi connectivity index (χ1) is 8.58. The van der Waals surface area contributed by atoms with Gasteiger partial charge in [0.2, 0.25) is 0 Å². The molecule has 2 nitrogen and oxygen atoms in total. The van der Waals surface area contributed by atoms with E-state index in [1.165, 1.54) is 18.9 Å². The summed E-state index contributed by atoms with van der Waals surface area (Å²) >= 11 is 3.33. The summed E-state index contributed by atoms with van der Waals surface area (Å²) in [4.78, 5) is 4.70. The van der Waals surface area contributed by atoms with Gasteiger partial charge in [-0.3, -0.25) is 4.90 Å². The van der Waals surface area contributed by atoms with Crippen molar-refractivity contribution in [3.05, 3.63) is 34.1 Å². The van der Waals surface area contributed by atoms with Crippen LogP contribution >= 0.6 is 15.9 Å². The fourth-order valence-corrected chi connectivity index (χ4v) is 2.90. The fourth-order valence-electron chi connectivity index (χ4n) is 2.51. The second kappa shape index (κ2) is 6.13. The van der Waals surface area contributed by atoms with Gasteiger partial charge in [0.1, 0.15) is 5.82 Å². The highest BCUT2D eigenvalue weighted by atomic mass is 79.9. The van der Waals surface area contributed by atoms with Crippen molar-refractivity contribution < 1.29 is 4.39 Å². The lowest BCUT2D eigenvalue weighted by atomic mass is 10.0. The van der Waals surface area contributed by atoms with E-state index in [-0.39, 0.29) is 5.82 Å². The number of hydrogen-bond donors (Lipinski definition) is 0. The number of hydrogen-bond acceptors (Lipinski definition) is 2. The molecule has 0 atom stereocenters. The minimum atomic E-state index is -0.171. The Balaban J connectivity index is 1.94. The molecule has 0 amide bonds.